The Balaban J connectivity index is 1.46. The summed E-state index contributed by atoms with van der Waals surface area (Å²) in [6.07, 6.45) is -6.42. The quantitative estimate of drug-likeness (QED) is 0.114. The molecule has 1 amide bonds. The normalized spacial score (nSPS) is 18.9. The third-order valence-corrected chi connectivity index (χ3v) is 8.61. The number of amidine groups is 1. The lowest BCUT2D eigenvalue weighted by Gasteiger charge is -2.41. The Kier molecular flexibility index (Phi) is 8.99. The first-order valence-corrected chi connectivity index (χ1v) is 14.5. The van der Waals surface area contributed by atoms with Crippen LogP contribution in [0.4, 0.5) is 23.9 Å². The van der Waals surface area contributed by atoms with Crippen LogP contribution in [-0.2, 0) is 19.7 Å². The van der Waals surface area contributed by atoms with Gasteiger partial charge in [0.2, 0.25) is 6.17 Å². The zero-order chi connectivity index (χ0) is 30.6. The van der Waals surface area contributed by atoms with E-state index in [0.717, 1.165) is 16.9 Å². The van der Waals surface area contributed by atoms with E-state index in [0.29, 0.717) is 41.5 Å². The number of halogens is 3. The fraction of sp³-hybridized carbons (Fsp3) is 0.379. The van der Waals surface area contributed by atoms with Gasteiger partial charge in [-0.05, 0) is 26.0 Å². The van der Waals surface area contributed by atoms with Crippen LogP contribution in [0.15, 0.2) is 64.6 Å². The molecular formula is C29H32F3N7O3S. The van der Waals surface area contributed by atoms with E-state index in [1.807, 2.05) is 42.5 Å². The molecule has 1 fully saturated rings. The van der Waals surface area contributed by atoms with E-state index in [-0.39, 0.29) is 23.5 Å². The van der Waals surface area contributed by atoms with E-state index in [9.17, 15) is 18.0 Å². The number of carbonyl (C=O) groups excluding carboxylic acids is 1. The number of hydrogen-bond donors (Lipinski definition) is 4. The number of aromatic nitrogens is 1. The number of aliphatic imine (C=N–C) groups is 2. The third kappa shape index (κ3) is 6.21. The van der Waals surface area contributed by atoms with E-state index in [4.69, 9.17) is 15.2 Å². The van der Waals surface area contributed by atoms with Gasteiger partial charge in [-0.3, -0.25) is 10.1 Å². The minimum atomic E-state index is -4.44. The number of ether oxygens (including phenoxy) is 2. The molecule has 1 aromatic heterocycles. The van der Waals surface area contributed by atoms with E-state index >= 15 is 0 Å². The van der Waals surface area contributed by atoms with Crippen molar-refractivity contribution in [3.05, 3.63) is 76.4 Å². The van der Waals surface area contributed by atoms with Crippen LogP contribution in [0, 0.1) is 0 Å². The first-order valence-electron chi connectivity index (χ1n) is 13.7. The number of methoxy groups -OCH3 is 1. The lowest BCUT2D eigenvalue weighted by molar-refractivity contribution is -0.212. The smallest absolute Gasteiger partial charge is 0.400 e. The predicted molar refractivity (Wildman–Crippen MR) is 160 cm³/mol. The molecule has 0 radical (unpaired) electrons. The molecule has 1 aliphatic heterocycles. The highest BCUT2D eigenvalue weighted by atomic mass is 32.1. The highest BCUT2D eigenvalue weighted by molar-refractivity contribution is 7.16. The van der Waals surface area contributed by atoms with E-state index in [2.05, 4.69) is 30.9 Å². The molecule has 1 saturated carbocycles. The van der Waals surface area contributed by atoms with Gasteiger partial charge in [0.05, 0.1) is 18.0 Å². The molecule has 2 aromatic carbocycles. The summed E-state index contributed by atoms with van der Waals surface area (Å²) in [5.74, 6) is -0.527. The summed E-state index contributed by atoms with van der Waals surface area (Å²) in [7, 11) is 3.08. The molecule has 2 aliphatic rings. The molecule has 2 heterocycles. The van der Waals surface area contributed by atoms with Crippen LogP contribution in [-0.4, -0.2) is 62.3 Å². The van der Waals surface area contributed by atoms with Crippen molar-refractivity contribution in [3.63, 3.8) is 0 Å². The van der Waals surface area contributed by atoms with Gasteiger partial charge in [-0.2, -0.15) is 18.2 Å². The van der Waals surface area contributed by atoms with Crippen molar-refractivity contribution >= 4 is 39.7 Å². The monoisotopic (exact) mass is 615 g/mol. The summed E-state index contributed by atoms with van der Waals surface area (Å²) in [6.45, 7) is 0.663. The number of alkyl halides is 3. The molecule has 0 bridgehead atoms. The molecule has 2 unspecified atom stereocenters. The van der Waals surface area contributed by atoms with Gasteiger partial charge in [0, 0.05) is 24.8 Å². The fourth-order valence-electron chi connectivity index (χ4n) is 4.94. The minimum absolute atomic E-state index is 0.0312. The number of rotatable bonds is 10. The standard InChI is InChI=1S/C29H32F3N7O3S/c1-34-24(21-25(35-15-16-41-2)43-26(38-21)28(13-8-14-28)29(30,31)32)42-27(33)39-22-23(40)36-19-12-7-6-11-18(19)20(37-22)17-9-4-3-5-10-17/h3-7,9-12,22,24,34-35H,8,13-16H2,1-2H3,(H2,33,39)(H,36,40). The van der Waals surface area contributed by atoms with Gasteiger partial charge < -0.3 is 25.8 Å². The Morgan fingerprint density at radius 2 is 1.93 bits per heavy atom. The zero-order valence-electron chi connectivity index (χ0n) is 23.6. The maximum Gasteiger partial charge on any atom is 0.400 e. The van der Waals surface area contributed by atoms with Gasteiger partial charge in [-0.25, -0.2) is 9.98 Å². The first-order chi connectivity index (χ1) is 20.7. The van der Waals surface area contributed by atoms with Crippen LogP contribution in [0.3, 0.4) is 0 Å². The van der Waals surface area contributed by atoms with Gasteiger partial charge in [-0.15, -0.1) is 11.3 Å². The Labute approximate surface area is 250 Å². The lowest BCUT2D eigenvalue weighted by atomic mass is 9.68. The van der Waals surface area contributed by atoms with Crippen molar-refractivity contribution in [2.24, 2.45) is 15.7 Å². The molecule has 5 N–H and O–H groups in total. The summed E-state index contributed by atoms with van der Waals surface area (Å²) in [4.78, 5) is 26.5. The van der Waals surface area contributed by atoms with Crippen molar-refractivity contribution < 1.29 is 27.4 Å². The highest BCUT2D eigenvalue weighted by Crippen LogP contribution is 2.56. The summed E-state index contributed by atoms with van der Waals surface area (Å²) >= 11 is 0.936. The summed E-state index contributed by atoms with van der Waals surface area (Å²) in [5, 5.41) is 9.19. The maximum absolute atomic E-state index is 14.2. The molecule has 0 saturated heterocycles. The number of hydrogen-bond acceptors (Lipinski definition) is 9. The number of para-hydroxylation sites is 1. The van der Waals surface area contributed by atoms with E-state index in [1.165, 1.54) is 7.11 Å². The molecular weight excluding hydrogens is 583 g/mol. The van der Waals surface area contributed by atoms with Crippen LogP contribution in [0.2, 0.25) is 0 Å². The highest BCUT2D eigenvalue weighted by Gasteiger charge is 2.61. The SMILES string of the molecule is CNC(OC(N)=NC1N=C(c2ccccc2)c2ccccc2NC1=O)c1nc(C2(C(F)(F)F)CCC2)sc1NCCOC. The number of thiazole rings is 1. The van der Waals surface area contributed by atoms with Crippen LogP contribution < -0.4 is 21.7 Å². The Bertz CT molecular complexity index is 1510. The number of benzodiazepines with no additional fused rings is 1. The zero-order valence-corrected chi connectivity index (χ0v) is 24.4. The first kappa shape index (κ1) is 30.4. The maximum atomic E-state index is 14.2. The van der Waals surface area contributed by atoms with Crippen molar-refractivity contribution in [3.8, 4) is 0 Å². The summed E-state index contributed by atoms with van der Waals surface area (Å²) in [6, 6.07) is 16.2. The number of nitrogens with one attached hydrogen (secondary N) is 3. The van der Waals surface area contributed by atoms with Crippen molar-refractivity contribution in [2.45, 2.75) is 43.2 Å². The predicted octanol–water partition coefficient (Wildman–Crippen LogP) is 4.55. The number of amides is 1. The van der Waals surface area contributed by atoms with Crippen molar-refractivity contribution in [2.75, 3.05) is 37.9 Å². The molecule has 14 heteroatoms. The number of benzene rings is 2. The van der Waals surface area contributed by atoms with E-state index in [1.54, 1.807) is 19.2 Å². The lowest BCUT2D eigenvalue weighted by Crippen LogP contribution is -2.48. The number of nitrogens with zero attached hydrogens (tertiary/aromatic N) is 3. The van der Waals surface area contributed by atoms with Crippen molar-refractivity contribution in [1.29, 1.82) is 0 Å². The number of anilines is 2. The Morgan fingerprint density at radius 3 is 2.58 bits per heavy atom. The second-order valence-corrected chi connectivity index (χ2v) is 11.1. The molecule has 3 aromatic rings. The van der Waals surface area contributed by atoms with Gasteiger partial charge in [-0.1, -0.05) is 55.0 Å². The Morgan fingerprint density at radius 1 is 1.21 bits per heavy atom. The van der Waals surface area contributed by atoms with Gasteiger partial charge in [0.25, 0.3) is 11.9 Å². The topological polar surface area (TPSA) is 135 Å². The summed E-state index contributed by atoms with van der Waals surface area (Å²) < 4.78 is 53.4. The molecule has 228 valence electrons. The van der Waals surface area contributed by atoms with E-state index < -0.39 is 35.9 Å². The van der Waals surface area contributed by atoms with Gasteiger partial charge in [0.1, 0.15) is 21.1 Å². The fourth-order valence-corrected chi connectivity index (χ4v) is 6.22. The summed E-state index contributed by atoms with van der Waals surface area (Å²) in [5.41, 5.74) is 6.97. The number of carbonyl (C=O) groups is 1. The largest absolute Gasteiger partial charge is 0.440 e. The van der Waals surface area contributed by atoms with Gasteiger partial charge in [0.15, 0.2) is 6.23 Å². The third-order valence-electron chi connectivity index (χ3n) is 7.38. The van der Waals surface area contributed by atoms with Crippen LogP contribution in [0.1, 0.15) is 47.3 Å². The number of fused-ring (bicyclic) bond motifs is 1. The minimum Gasteiger partial charge on any atom is -0.440 e. The molecule has 2 atom stereocenters. The molecule has 0 spiro atoms. The second-order valence-electron chi connectivity index (χ2n) is 10.1. The average Bonchev–Trinajstić information content (AvgIpc) is 3.30. The molecule has 1 aliphatic carbocycles. The van der Waals surface area contributed by atoms with Crippen LogP contribution in [0.5, 0.6) is 0 Å². The second kappa shape index (κ2) is 12.7. The van der Waals surface area contributed by atoms with Gasteiger partial charge >= 0.3 is 6.18 Å². The number of nitrogens with two attached hydrogens (primary N) is 1. The average molecular weight is 616 g/mol. The molecule has 43 heavy (non-hydrogen) atoms. The molecule has 10 nitrogen and oxygen atoms in total. The van der Waals surface area contributed by atoms with Crippen LogP contribution >= 0.6 is 11.3 Å². The Hall–Kier alpha value is -4.01. The van der Waals surface area contributed by atoms with Crippen LogP contribution in [0.25, 0.3) is 0 Å². The van der Waals surface area contributed by atoms with Crippen molar-refractivity contribution in [1.82, 2.24) is 10.3 Å². The molecule has 5 rings (SSSR count).